The Bertz CT molecular complexity index is 1300. The first-order valence-electron chi connectivity index (χ1n) is 9.05. The second-order valence-corrected chi connectivity index (χ2v) is 7.84. The number of nitrogens with one attached hydrogen (secondary N) is 1. The number of carbonyl (C=O) groups is 1. The molecule has 1 aliphatic rings. The van der Waals surface area contributed by atoms with Gasteiger partial charge in [-0.25, -0.2) is 19.0 Å². The number of benzene rings is 2. The summed E-state index contributed by atoms with van der Waals surface area (Å²) in [5.41, 5.74) is 1.66. The van der Waals surface area contributed by atoms with Gasteiger partial charge >= 0.3 is 0 Å². The van der Waals surface area contributed by atoms with Gasteiger partial charge in [-0.15, -0.1) is 0 Å². The number of ether oxygens (including phenoxy) is 2. The molecule has 0 unspecified atom stereocenters. The van der Waals surface area contributed by atoms with Gasteiger partial charge in [-0.2, -0.15) is 5.10 Å². The molecule has 156 valence electrons. The summed E-state index contributed by atoms with van der Waals surface area (Å²) in [7, 11) is 0. The average molecular weight is 458 g/mol. The fourth-order valence-electron chi connectivity index (χ4n) is 3.04. The fourth-order valence-corrected chi connectivity index (χ4v) is 4.00. The Morgan fingerprint density at radius 3 is 2.77 bits per heavy atom. The average Bonchev–Trinajstić information content (AvgIpc) is 3.40. The van der Waals surface area contributed by atoms with E-state index >= 15 is 0 Å². The highest BCUT2D eigenvalue weighted by molar-refractivity contribution is 8.00. The molecule has 2 aromatic carbocycles. The van der Waals surface area contributed by atoms with Crippen LogP contribution in [0.5, 0.6) is 11.5 Å². The van der Waals surface area contributed by atoms with Crippen molar-refractivity contribution in [2.75, 3.05) is 17.9 Å². The lowest BCUT2D eigenvalue weighted by Crippen LogP contribution is -2.14. The van der Waals surface area contributed by atoms with Crippen LogP contribution in [0.4, 0.5) is 10.1 Å². The smallest absolute Gasteiger partial charge is 0.234 e. The first-order valence-corrected chi connectivity index (χ1v) is 10.4. The Morgan fingerprint density at radius 2 is 1.97 bits per heavy atom. The molecule has 0 atom stereocenters. The molecule has 0 saturated heterocycles. The number of hydrogen-bond acceptors (Lipinski definition) is 7. The minimum Gasteiger partial charge on any atom is -0.454 e. The molecule has 0 radical (unpaired) electrons. The lowest BCUT2D eigenvalue weighted by atomic mass is 10.2. The Labute approximate surface area is 184 Å². The number of hydrogen-bond donors (Lipinski definition) is 1. The summed E-state index contributed by atoms with van der Waals surface area (Å²) in [5.74, 6) is 0.568. The molecule has 3 heterocycles. The number of aromatic nitrogens is 4. The number of rotatable bonds is 5. The first-order chi connectivity index (χ1) is 15.1. The monoisotopic (exact) mass is 457 g/mol. The van der Waals surface area contributed by atoms with Crippen LogP contribution in [0.15, 0.2) is 53.9 Å². The van der Waals surface area contributed by atoms with Gasteiger partial charge in [0.15, 0.2) is 17.1 Å². The van der Waals surface area contributed by atoms with Crippen molar-refractivity contribution in [3.05, 3.63) is 59.8 Å². The zero-order valence-corrected chi connectivity index (χ0v) is 17.3. The molecule has 0 spiro atoms. The van der Waals surface area contributed by atoms with E-state index in [1.807, 2.05) is 0 Å². The van der Waals surface area contributed by atoms with Gasteiger partial charge in [-0.1, -0.05) is 23.4 Å². The molecule has 0 fully saturated rings. The normalized spacial score (nSPS) is 12.3. The Kier molecular flexibility index (Phi) is 5.08. The topological polar surface area (TPSA) is 91.2 Å². The van der Waals surface area contributed by atoms with Gasteiger partial charge in [0.1, 0.15) is 17.2 Å². The minimum absolute atomic E-state index is 0.0958. The number of halogens is 2. The van der Waals surface area contributed by atoms with Crippen molar-refractivity contribution in [1.82, 2.24) is 19.7 Å². The number of thioether (sulfide) groups is 1. The standard InChI is InChI=1S/C20H13ClFN5O3S/c21-14-5-16-17(30-10-29-16)6-15(14)26-18(28)8-31-20-13-7-25-27(19(13)23-9-24-20)12-3-1-11(22)2-4-12/h1-7,9H,8,10H2,(H,26,28). The zero-order valence-electron chi connectivity index (χ0n) is 15.7. The predicted octanol–water partition coefficient (Wildman–Crippen LogP) is 4.07. The van der Waals surface area contributed by atoms with Gasteiger partial charge in [-0.3, -0.25) is 4.79 Å². The lowest BCUT2D eigenvalue weighted by Gasteiger charge is -2.08. The molecule has 31 heavy (non-hydrogen) atoms. The fraction of sp³-hybridized carbons (Fsp3) is 0.100. The van der Waals surface area contributed by atoms with Crippen LogP contribution in [0.2, 0.25) is 5.02 Å². The van der Waals surface area contributed by atoms with Gasteiger partial charge in [0, 0.05) is 12.1 Å². The second kappa shape index (κ2) is 8.05. The highest BCUT2D eigenvalue weighted by atomic mass is 35.5. The van der Waals surface area contributed by atoms with Crippen molar-refractivity contribution < 1.29 is 18.7 Å². The maximum Gasteiger partial charge on any atom is 0.234 e. The molecule has 11 heteroatoms. The van der Waals surface area contributed by atoms with Crippen molar-refractivity contribution >= 4 is 46.0 Å². The highest BCUT2D eigenvalue weighted by Crippen LogP contribution is 2.39. The summed E-state index contributed by atoms with van der Waals surface area (Å²) < 4.78 is 25.4. The predicted molar refractivity (Wildman–Crippen MR) is 114 cm³/mol. The van der Waals surface area contributed by atoms with Crippen LogP contribution in [0.1, 0.15) is 0 Å². The van der Waals surface area contributed by atoms with Crippen LogP contribution in [-0.2, 0) is 4.79 Å². The number of anilines is 1. The summed E-state index contributed by atoms with van der Waals surface area (Å²) in [4.78, 5) is 21.0. The van der Waals surface area contributed by atoms with Crippen molar-refractivity contribution in [1.29, 1.82) is 0 Å². The first kappa shape index (κ1) is 19.6. The summed E-state index contributed by atoms with van der Waals surface area (Å²) in [6.07, 6.45) is 3.02. The van der Waals surface area contributed by atoms with Gasteiger partial charge in [0.05, 0.1) is 33.7 Å². The largest absolute Gasteiger partial charge is 0.454 e. The van der Waals surface area contributed by atoms with Crippen molar-refractivity contribution in [3.8, 4) is 17.2 Å². The molecule has 1 N–H and O–H groups in total. The minimum atomic E-state index is -0.334. The van der Waals surface area contributed by atoms with Crippen LogP contribution >= 0.6 is 23.4 Å². The molecule has 0 aliphatic carbocycles. The van der Waals surface area contributed by atoms with Crippen molar-refractivity contribution in [2.24, 2.45) is 0 Å². The molecule has 1 aliphatic heterocycles. The van der Waals surface area contributed by atoms with E-state index in [2.05, 4.69) is 20.4 Å². The molecule has 0 saturated carbocycles. The van der Waals surface area contributed by atoms with E-state index in [0.29, 0.717) is 44.0 Å². The van der Waals surface area contributed by atoms with Gasteiger partial charge in [0.25, 0.3) is 0 Å². The summed E-state index contributed by atoms with van der Waals surface area (Å²) in [5, 5.41) is 8.74. The molecular formula is C20H13ClFN5O3S. The SMILES string of the molecule is O=C(CSc1ncnc2c1cnn2-c1ccc(F)cc1)Nc1cc2c(cc1Cl)OCO2. The summed E-state index contributed by atoms with van der Waals surface area (Å²) in [6.45, 7) is 0.119. The third-order valence-electron chi connectivity index (χ3n) is 4.48. The van der Waals surface area contributed by atoms with E-state index in [1.165, 1.54) is 30.2 Å². The van der Waals surface area contributed by atoms with Crippen LogP contribution in [-0.4, -0.2) is 38.2 Å². The number of amides is 1. The van der Waals surface area contributed by atoms with E-state index in [9.17, 15) is 9.18 Å². The van der Waals surface area contributed by atoms with E-state index < -0.39 is 0 Å². The Balaban J connectivity index is 1.32. The quantitative estimate of drug-likeness (QED) is 0.357. The van der Waals surface area contributed by atoms with E-state index in [0.717, 1.165) is 0 Å². The van der Waals surface area contributed by atoms with Crippen molar-refractivity contribution in [3.63, 3.8) is 0 Å². The molecule has 4 aromatic rings. The maximum absolute atomic E-state index is 13.2. The van der Waals surface area contributed by atoms with Crippen LogP contribution < -0.4 is 14.8 Å². The number of nitrogens with zero attached hydrogens (tertiary/aromatic N) is 4. The van der Waals surface area contributed by atoms with Crippen LogP contribution in [0.25, 0.3) is 16.7 Å². The third-order valence-corrected chi connectivity index (χ3v) is 5.79. The molecule has 8 nitrogen and oxygen atoms in total. The highest BCUT2D eigenvalue weighted by Gasteiger charge is 2.18. The molecular weight excluding hydrogens is 445 g/mol. The second-order valence-electron chi connectivity index (χ2n) is 6.47. The Morgan fingerprint density at radius 1 is 1.19 bits per heavy atom. The maximum atomic E-state index is 13.2. The van der Waals surface area contributed by atoms with E-state index in [1.54, 1.807) is 35.1 Å². The molecule has 1 amide bonds. The summed E-state index contributed by atoms with van der Waals surface area (Å²) >= 11 is 7.45. The van der Waals surface area contributed by atoms with Gasteiger partial charge in [0.2, 0.25) is 12.7 Å². The van der Waals surface area contributed by atoms with E-state index in [-0.39, 0.29) is 24.3 Å². The zero-order chi connectivity index (χ0) is 21.4. The third kappa shape index (κ3) is 3.87. The van der Waals surface area contributed by atoms with E-state index in [4.69, 9.17) is 21.1 Å². The molecule has 5 rings (SSSR count). The number of carbonyl (C=O) groups excluding carboxylic acids is 1. The molecule has 2 aromatic heterocycles. The van der Waals surface area contributed by atoms with Crippen LogP contribution in [0, 0.1) is 5.82 Å². The Hall–Kier alpha value is -3.37. The van der Waals surface area contributed by atoms with Gasteiger partial charge in [-0.05, 0) is 24.3 Å². The molecule has 0 bridgehead atoms. The van der Waals surface area contributed by atoms with Gasteiger partial charge < -0.3 is 14.8 Å². The lowest BCUT2D eigenvalue weighted by molar-refractivity contribution is -0.113. The summed E-state index contributed by atoms with van der Waals surface area (Å²) in [6, 6.07) is 9.16. The number of fused-ring (bicyclic) bond motifs is 2. The van der Waals surface area contributed by atoms with Crippen molar-refractivity contribution in [2.45, 2.75) is 5.03 Å². The van der Waals surface area contributed by atoms with Crippen LogP contribution in [0.3, 0.4) is 0 Å².